The van der Waals surface area contributed by atoms with Gasteiger partial charge in [0.1, 0.15) is 18.1 Å². The minimum atomic E-state index is -3.96. The van der Waals surface area contributed by atoms with Crippen molar-refractivity contribution in [1.29, 1.82) is 0 Å². The molecule has 4 rings (SSSR count). The molecular weight excluding hydrogens is 488 g/mol. The van der Waals surface area contributed by atoms with Crippen molar-refractivity contribution in [3.63, 3.8) is 0 Å². The van der Waals surface area contributed by atoms with Gasteiger partial charge >= 0.3 is 0 Å². The molecule has 7 nitrogen and oxygen atoms in total. The molecule has 0 saturated heterocycles. The first-order chi connectivity index (χ1) is 16.6. The molecule has 1 heterocycles. The second-order valence-electron chi connectivity index (χ2n) is 8.48. The lowest BCUT2D eigenvalue weighted by Crippen LogP contribution is -2.51. The van der Waals surface area contributed by atoms with E-state index >= 15 is 0 Å². The maximum Gasteiger partial charge on any atom is 0.264 e. The number of nitrogens with zero attached hydrogens (tertiary/aromatic N) is 1. The van der Waals surface area contributed by atoms with Crippen LogP contribution < -0.4 is 19.1 Å². The van der Waals surface area contributed by atoms with Crippen molar-refractivity contribution in [3.05, 3.63) is 82.4 Å². The zero-order valence-electron chi connectivity index (χ0n) is 19.7. The third-order valence-electron chi connectivity index (χ3n) is 5.69. The minimum Gasteiger partial charge on any atom is -0.491 e. The molecule has 0 spiro atoms. The molecule has 3 aromatic carbocycles. The first-order valence-electron chi connectivity index (χ1n) is 11.2. The summed E-state index contributed by atoms with van der Waals surface area (Å²) in [6.45, 7) is 6.13. The molecule has 184 valence electrons. The molecule has 1 aliphatic rings. The fraction of sp³-hybridized carbons (Fsp3) is 0.269. The van der Waals surface area contributed by atoms with Crippen LogP contribution in [0.1, 0.15) is 16.7 Å². The van der Waals surface area contributed by atoms with Gasteiger partial charge in [-0.2, -0.15) is 0 Å². The van der Waals surface area contributed by atoms with Crippen LogP contribution in [0.3, 0.4) is 0 Å². The van der Waals surface area contributed by atoms with E-state index in [0.717, 1.165) is 22.4 Å². The molecule has 0 radical (unpaired) electrons. The average Bonchev–Trinajstić information content (AvgIpc) is 2.83. The molecule has 0 aromatic heterocycles. The summed E-state index contributed by atoms with van der Waals surface area (Å²) in [5.74, 6) is 0.594. The smallest absolute Gasteiger partial charge is 0.264 e. The van der Waals surface area contributed by atoms with E-state index in [-0.39, 0.29) is 30.3 Å². The number of aryl methyl sites for hydroxylation is 3. The molecule has 1 amide bonds. The lowest BCUT2D eigenvalue weighted by molar-refractivity contribution is -0.127. The number of carbonyl (C=O) groups is 1. The highest BCUT2D eigenvalue weighted by atomic mass is 35.5. The van der Waals surface area contributed by atoms with E-state index in [9.17, 15) is 13.2 Å². The van der Waals surface area contributed by atoms with Gasteiger partial charge in [-0.05, 0) is 68.3 Å². The van der Waals surface area contributed by atoms with E-state index in [2.05, 4.69) is 5.32 Å². The summed E-state index contributed by atoms with van der Waals surface area (Å²) in [6, 6.07) is 17.2. The number of carbonyl (C=O) groups excluding carboxylic acids is 1. The highest BCUT2D eigenvalue weighted by Crippen LogP contribution is 2.38. The second-order valence-corrected chi connectivity index (χ2v) is 10.8. The second kappa shape index (κ2) is 10.2. The summed E-state index contributed by atoms with van der Waals surface area (Å²) < 4.78 is 39.8. The van der Waals surface area contributed by atoms with Gasteiger partial charge in [-0.15, -0.1) is 0 Å². The average molecular weight is 515 g/mol. The third-order valence-corrected chi connectivity index (χ3v) is 7.72. The zero-order valence-corrected chi connectivity index (χ0v) is 21.3. The van der Waals surface area contributed by atoms with E-state index in [0.29, 0.717) is 10.7 Å². The maximum absolute atomic E-state index is 13.5. The number of benzene rings is 3. The fourth-order valence-corrected chi connectivity index (χ4v) is 5.37. The quantitative estimate of drug-likeness (QED) is 0.472. The van der Waals surface area contributed by atoms with Gasteiger partial charge in [0.05, 0.1) is 23.7 Å². The van der Waals surface area contributed by atoms with Crippen molar-refractivity contribution in [2.24, 2.45) is 0 Å². The van der Waals surface area contributed by atoms with E-state index in [4.69, 9.17) is 21.1 Å². The first-order valence-corrected chi connectivity index (χ1v) is 13.0. The zero-order chi connectivity index (χ0) is 25.2. The molecule has 1 aliphatic heterocycles. The Kier molecular flexibility index (Phi) is 7.23. The number of sulfonamides is 1. The van der Waals surface area contributed by atoms with Crippen molar-refractivity contribution in [2.75, 3.05) is 24.0 Å². The summed E-state index contributed by atoms with van der Waals surface area (Å²) in [4.78, 5) is 13.0. The van der Waals surface area contributed by atoms with Crippen LogP contribution in [-0.4, -0.2) is 40.1 Å². The number of rotatable bonds is 7. The molecule has 0 bridgehead atoms. The van der Waals surface area contributed by atoms with Crippen LogP contribution in [0, 0.1) is 20.8 Å². The van der Waals surface area contributed by atoms with Gasteiger partial charge in [-0.1, -0.05) is 41.4 Å². The highest BCUT2D eigenvalue weighted by Gasteiger charge is 2.37. The summed E-state index contributed by atoms with van der Waals surface area (Å²) in [5.41, 5.74) is 3.32. The number of nitrogens with one attached hydrogen (secondary N) is 1. The van der Waals surface area contributed by atoms with Crippen molar-refractivity contribution in [1.82, 2.24) is 5.32 Å². The molecule has 0 saturated carbocycles. The SMILES string of the molecule is Cc1ccc(S(=O)(=O)N2CC(C(=O)NCCOc3cc(C)ccc3C)Oc3ccc(Cl)cc32)cc1. The molecule has 0 fully saturated rings. The Morgan fingerprint density at radius 2 is 1.77 bits per heavy atom. The molecule has 0 aliphatic carbocycles. The number of fused-ring (bicyclic) bond motifs is 1. The minimum absolute atomic E-state index is 0.122. The number of ether oxygens (including phenoxy) is 2. The first kappa shape index (κ1) is 24.9. The van der Waals surface area contributed by atoms with Crippen LogP contribution >= 0.6 is 11.6 Å². The van der Waals surface area contributed by atoms with Crippen molar-refractivity contribution in [2.45, 2.75) is 31.8 Å². The maximum atomic E-state index is 13.5. The Bertz CT molecular complexity index is 1340. The Balaban J connectivity index is 1.49. The molecule has 3 aromatic rings. The number of hydrogen-bond acceptors (Lipinski definition) is 5. The molecule has 1 N–H and O–H groups in total. The van der Waals surface area contributed by atoms with Crippen molar-refractivity contribution >= 4 is 33.2 Å². The van der Waals surface area contributed by atoms with Gasteiger partial charge in [0, 0.05) is 5.02 Å². The molecule has 1 atom stereocenters. The van der Waals surface area contributed by atoms with Crippen LogP contribution in [0.25, 0.3) is 0 Å². The van der Waals surface area contributed by atoms with Crippen molar-refractivity contribution in [3.8, 4) is 11.5 Å². The number of amides is 1. The fourth-order valence-electron chi connectivity index (χ4n) is 3.74. The van der Waals surface area contributed by atoms with E-state index < -0.39 is 22.0 Å². The van der Waals surface area contributed by atoms with Crippen molar-refractivity contribution < 1.29 is 22.7 Å². The Morgan fingerprint density at radius 1 is 1.06 bits per heavy atom. The topological polar surface area (TPSA) is 84.9 Å². The number of anilines is 1. The Hall–Kier alpha value is -3.23. The summed E-state index contributed by atoms with van der Waals surface area (Å²) in [6.07, 6.45) is -1.04. The van der Waals surface area contributed by atoms with Gasteiger partial charge in [-0.25, -0.2) is 8.42 Å². The summed E-state index contributed by atoms with van der Waals surface area (Å²) >= 11 is 6.14. The normalized spacial score (nSPS) is 15.2. The highest BCUT2D eigenvalue weighted by molar-refractivity contribution is 7.92. The van der Waals surface area contributed by atoms with Crippen LogP contribution in [0.15, 0.2) is 65.6 Å². The lowest BCUT2D eigenvalue weighted by Gasteiger charge is -2.34. The lowest BCUT2D eigenvalue weighted by atomic mass is 10.1. The van der Waals surface area contributed by atoms with Crippen LogP contribution in [0.2, 0.25) is 5.02 Å². The number of hydrogen-bond donors (Lipinski definition) is 1. The largest absolute Gasteiger partial charge is 0.491 e. The van der Waals surface area contributed by atoms with Crippen LogP contribution in [-0.2, 0) is 14.8 Å². The Labute approximate surface area is 210 Å². The third kappa shape index (κ3) is 5.55. The van der Waals surface area contributed by atoms with Crippen LogP contribution in [0.4, 0.5) is 5.69 Å². The van der Waals surface area contributed by atoms with Crippen LogP contribution in [0.5, 0.6) is 11.5 Å². The van der Waals surface area contributed by atoms with E-state index in [1.165, 1.54) is 10.4 Å². The molecular formula is C26H27ClN2O5S. The van der Waals surface area contributed by atoms with Gasteiger partial charge < -0.3 is 14.8 Å². The van der Waals surface area contributed by atoms with Gasteiger partial charge in [0.15, 0.2) is 6.10 Å². The van der Waals surface area contributed by atoms with Gasteiger partial charge in [-0.3, -0.25) is 9.10 Å². The van der Waals surface area contributed by atoms with Gasteiger partial charge in [0.25, 0.3) is 15.9 Å². The molecule has 1 unspecified atom stereocenters. The van der Waals surface area contributed by atoms with E-state index in [1.54, 1.807) is 36.4 Å². The predicted molar refractivity (Wildman–Crippen MR) is 136 cm³/mol. The predicted octanol–water partition coefficient (Wildman–Crippen LogP) is 4.42. The molecule has 9 heteroatoms. The van der Waals surface area contributed by atoms with E-state index in [1.807, 2.05) is 39.0 Å². The standard InChI is InChI=1S/C26H27ClN2O5S/c1-17-5-9-21(10-6-17)35(31,32)29-16-25(34-23-11-8-20(27)15-22(23)29)26(30)28-12-13-33-24-14-18(2)4-7-19(24)3/h4-11,14-15,25H,12-13,16H2,1-3H3,(H,28,30). The summed E-state index contributed by atoms with van der Waals surface area (Å²) in [5, 5.41) is 3.15. The summed E-state index contributed by atoms with van der Waals surface area (Å²) in [7, 11) is -3.96. The van der Waals surface area contributed by atoms with Gasteiger partial charge in [0.2, 0.25) is 0 Å². The Morgan fingerprint density at radius 3 is 2.51 bits per heavy atom. The molecule has 35 heavy (non-hydrogen) atoms. The monoisotopic (exact) mass is 514 g/mol. The number of halogens is 1.